The van der Waals surface area contributed by atoms with Crippen molar-refractivity contribution < 1.29 is 0 Å². The fourth-order valence-electron chi connectivity index (χ4n) is 2.11. The van der Waals surface area contributed by atoms with E-state index in [4.69, 9.17) is 5.73 Å². The molecule has 16 heavy (non-hydrogen) atoms. The number of rotatable bonds is 3. The lowest BCUT2D eigenvalue weighted by atomic mass is 10.1. The van der Waals surface area contributed by atoms with Crippen LogP contribution in [0.15, 0.2) is 24.3 Å². The molecule has 0 aliphatic heterocycles. The second-order valence-corrected chi connectivity index (χ2v) is 5.00. The van der Waals surface area contributed by atoms with Crippen LogP contribution in [0.3, 0.4) is 0 Å². The molecule has 84 valence electrons. The molecule has 1 aliphatic rings. The molecule has 2 aromatic heterocycles. The molecule has 1 aliphatic carbocycles. The van der Waals surface area contributed by atoms with E-state index in [0.717, 1.165) is 18.5 Å². The zero-order valence-corrected chi connectivity index (χ0v) is 9.61. The predicted octanol–water partition coefficient (Wildman–Crippen LogP) is 2.07. The minimum absolute atomic E-state index is 0.130. The SMILES string of the molecule is Cc1cccc2cc(CCC3(N)CC3)nn12. The Bertz CT molecular complexity index is 523. The fraction of sp³-hybridized carbons (Fsp3) is 0.462. The molecule has 2 N–H and O–H groups in total. The molecule has 0 unspecified atom stereocenters. The topological polar surface area (TPSA) is 43.3 Å². The second kappa shape index (κ2) is 3.32. The van der Waals surface area contributed by atoms with Crippen molar-refractivity contribution in [1.82, 2.24) is 9.61 Å². The molecular formula is C13H17N3. The van der Waals surface area contributed by atoms with E-state index in [1.165, 1.54) is 24.1 Å². The van der Waals surface area contributed by atoms with Crippen LogP contribution < -0.4 is 5.73 Å². The molecule has 1 saturated carbocycles. The molecule has 0 bridgehead atoms. The summed E-state index contributed by atoms with van der Waals surface area (Å²) in [6, 6.07) is 8.41. The maximum absolute atomic E-state index is 6.08. The summed E-state index contributed by atoms with van der Waals surface area (Å²) >= 11 is 0. The third-order valence-corrected chi connectivity index (χ3v) is 3.50. The van der Waals surface area contributed by atoms with Crippen LogP contribution in [0.5, 0.6) is 0 Å². The van der Waals surface area contributed by atoms with Crippen molar-refractivity contribution in [3.05, 3.63) is 35.7 Å². The fourth-order valence-corrected chi connectivity index (χ4v) is 2.11. The van der Waals surface area contributed by atoms with E-state index < -0.39 is 0 Å². The van der Waals surface area contributed by atoms with Gasteiger partial charge in [-0.15, -0.1) is 0 Å². The molecular weight excluding hydrogens is 198 g/mol. The zero-order valence-electron chi connectivity index (χ0n) is 9.61. The number of hydrogen-bond donors (Lipinski definition) is 1. The molecule has 0 radical (unpaired) electrons. The van der Waals surface area contributed by atoms with Gasteiger partial charge in [0.25, 0.3) is 0 Å². The molecule has 0 saturated heterocycles. The molecule has 3 nitrogen and oxygen atoms in total. The molecule has 1 fully saturated rings. The summed E-state index contributed by atoms with van der Waals surface area (Å²) < 4.78 is 2.01. The van der Waals surface area contributed by atoms with Gasteiger partial charge in [0.2, 0.25) is 0 Å². The minimum Gasteiger partial charge on any atom is -0.325 e. The van der Waals surface area contributed by atoms with Crippen molar-refractivity contribution >= 4 is 5.52 Å². The van der Waals surface area contributed by atoms with Crippen LogP contribution in [0.2, 0.25) is 0 Å². The Hall–Kier alpha value is -1.35. The monoisotopic (exact) mass is 215 g/mol. The largest absolute Gasteiger partial charge is 0.325 e. The lowest BCUT2D eigenvalue weighted by molar-refractivity contribution is 0.601. The number of aromatic nitrogens is 2. The second-order valence-electron chi connectivity index (χ2n) is 5.00. The Balaban J connectivity index is 1.85. The summed E-state index contributed by atoms with van der Waals surface area (Å²) in [4.78, 5) is 0. The van der Waals surface area contributed by atoms with Crippen LogP contribution in [0.4, 0.5) is 0 Å². The van der Waals surface area contributed by atoms with Crippen molar-refractivity contribution in [2.24, 2.45) is 5.73 Å². The molecule has 2 heterocycles. The van der Waals surface area contributed by atoms with Gasteiger partial charge in [0.15, 0.2) is 0 Å². The lowest BCUT2D eigenvalue weighted by Crippen LogP contribution is -2.22. The van der Waals surface area contributed by atoms with E-state index in [0.29, 0.717) is 0 Å². The van der Waals surface area contributed by atoms with Crippen molar-refractivity contribution in [2.45, 2.75) is 38.1 Å². The normalized spacial score (nSPS) is 17.9. The average Bonchev–Trinajstić information content (AvgIpc) is 2.84. The van der Waals surface area contributed by atoms with Crippen molar-refractivity contribution in [1.29, 1.82) is 0 Å². The Kier molecular flexibility index (Phi) is 2.04. The summed E-state index contributed by atoms with van der Waals surface area (Å²) in [7, 11) is 0. The van der Waals surface area contributed by atoms with Gasteiger partial charge in [-0.25, -0.2) is 4.52 Å². The van der Waals surface area contributed by atoms with Gasteiger partial charge in [-0.3, -0.25) is 0 Å². The van der Waals surface area contributed by atoms with Gasteiger partial charge in [0.1, 0.15) is 0 Å². The minimum atomic E-state index is 0.130. The first-order valence-electron chi connectivity index (χ1n) is 5.90. The molecule has 3 heteroatoms. The summed E-state index contributed by atoms with van der Waals surface area (Å²) in [6.45, 7) is 2.08. The Morgan fingerprint density at radius 2 is 2.25 bits per heavy atom. The average molecular weight is 215 g/mol. The Labute approximate surface area is 95.3 Å². The highest BCUT2D eigenvalue weighted by Gasteiger charge is 2.37. The number of pyridine rings is 1. The Morgan fingerprint density at radius 3 is 2.94 bits per heavy atom. The molecule has 3 rings (SSSR count). The predicted molar refractivity (Wildman–Crippen MR) is 64.4 cm³/mol. The number of fused-ring (bicyclic) bond motifs is 1. The highest BCUT2D eigenvalue weighted by atomic mass is 15.2. The number of nitrogens with two attached hydrogens (primary N) is 1. The van der Waals surface area contributed by atoms with Gasteiger partial charge in [-0.1, -0.05) is 6.07 Å². The number of aryl methyl sites for hydroxylation is 2. The van der Waals surface area contributed by atoms with Gasteiger partial charge in [-0.2, -0.15) is 5.10 Å². The van der Waals surface area contributed by atoms with Crippen LogP contribution >= 0.6 is 0 Å². The number of nitrogens with zero attached hydrogens (tertiary/aromatic N) is 2. The highest BCUT2D eigenvalue weighted by molar-refractivity contribution is 5.48. The van der Waals surface area contributed by atoms with E-state index in [1.807, 2.05) is 4.52 Å². The molecule has 2 aromatic rings. The first-order valence-corrected chi connectivity index (χ1v) is 5.90. The maximum Gasteiger partial charge on any atom is 0.0667 e. The van der Waals surface area contributed by atoms with E-state index in [9.17, 15) is 0 Å². The van der Waals surface area contributed by atoms with Crippen LogP contribution in [0, 0.1) is 6.92 Å². The van der Waals surface area contributed by atoms with Crippen molar-refractivity contribution in [3.63, 3.8) is 0 Å². The standard InChI is InChI=1S/C13H17N3/c1-10-3-2-4-12-9-11(15-16(10)12)5-6-13(14)7-8-13/h2-4,9H,5-8,14H2,1H3. The quantitative estimate of drug-likeness (QED) is 0.851. The summed E-state index contributed by atoms with van der Waals surface area (Å²) in [5.74, 6) is 0. The van der Waals surface area contributed by atoms with Crippen molar-refractivity contribution in [3.8, 4) is 0 Å². The third kappa shape index (κ3) is 1.71. The van der Waals surface area contributed by atoms with E-state index in [-0.39, 0.29) is 5.54 Å². The van der Waals surface area contributed by atoms with Gasteiger partial charge < -0.3 is 5.73 Å². The maximum atomic E-state index is 6.08. The van der Waals surface area contributed by atoms with Gasteiger partial charge in [-0.05, 0) is 50.8 Å². The molecule has 0 amide bonds. The van der Waals surface area contributed by atoms with E-state index >= 15 is 0 Å². The molecule has 0 atom stereocenters. The first kappa shape index (κ1) is 9.85. The van der Waals surface area contributed by atoms with E-state index in [1.54, 1.807) is 0 Å². The third-order valence-electron chi connectivity index (χ3n) is 3.50. The zero-order chi connectivity index (χ0) is 11.2. The van der Waals surface area contributed by atoms with Crippen LogP contribution in [-0.2, 0) is 6.42 Å². The summed E-state index contributed by atoms with van der Waals surface area (Å²) in [5, 5.41) is 4.60. The number of hydrogen-bond acceptors (Lipinski definition) is 2. The van der Waals surface area contributed by atoms with Gasteiger partial charge in [0, 0.05) is 11.2 Å². The van der Waals surface area contributed by atoms with Gasteiger partial charge in [0.05, 0.1) is 11.2 Å². The molecule has 0 spiro atoms. The summed E-state index contributed by atoms with van der Waals surface area (Å²) in [5.41, 5.74) is 9.73. The van der Waals surface area contributed by atoms with Crippen molar-refractivity contribution in [2.75, 3.05) is 0 Å². The van der Waals surface area contributed by atoms with Crippen LogP contribution in [0.25, 0.3) is 5.52 Å². The van der Waals surface area contributed by atoms with Crippen LogP contribution in [0.1, 0.15) is 30.7 Å². The summed E-state index contributed by atoms with van der Waals surface area (Å²) in [6.07, 6.45) is 4.42. The smallest absolute Gasteiger partial charge is 0.0667 e. The molecule has 0 aromatic carbocycles. The van der Waals surface area contributed by atoms with Crippen LogP contribution in [-0.4, -0.2) is 15.2 Å². The van der Waals surface area contributed by atoms with E-state index in [2.05, 4.69) is 36.3 Å². The Morgan fingerprint density at radius 1 is 1.44 bits per heavy atom. The van der Waals surface area contributed by atoms with Gasteiger partial charge >= 0.3 is 0 Å². The first-order chi connectivity index (χ1) is 7.66. The lowest BCUT2D eigenvalue weighted by Gasteiger charge is -2.05. The highest BCUT2D eigenvalue weighted by Crippen LogP contribution is 2.36.